The third-order valence-corrected chi connectivity index (χ3v) is 8.17. The zero-order valence-corrected chi connectivity index (χ0v) is 18.9. The number of carboxylic acid groups (broad SMARTS) is 1. The van der Waals surface area contributed by atoms with Crippen molar-refractivity contribution < 1.29 is 38.3 Å². The van der Waals surface area contributed by atoms with Crippen molar-refractivity contribution in [1.82, 2.24) is 0 Å². The predicted molar refractivity (Wildman–Crippen MR) is 110 cm³/mol. The summed E-state index contributed by atoms with van der Waals surface area (Å²) in [5, 5.41) is 9.19. The molecular formula is C24H31FO7. The van der Waals surface area contributed by atoms with E-state index in [1.807, 2.05) is 13.8 Å². The van der Waals surface area contributed by atoms with E-state index in [0.717, 1.165) is 19.3 Å². The first-order chi connectivity index (χ1) is 15.1. The summed E-state index contributed by atoms with van der Waals surface area (Å²) in [7, 11) is 0. The van der Waals surface area contributed by atoms with Crippen molar-refractivity contribution >= 4 is 5.97 Å². The molecule has 4 heterocycles. The van der Waals surface area contributed by atoms with Crippen molar-refractivity contribution in [2.24, 2.45) is 23.7 Å². The van der Waals surface area contributed by atoms with Crippen molar-refractivity contribution in [2.45, 2.75) is 83.3 Å². The molecule has 4 saturated heterocycles. The third kappa shape index (κ3) is 3.26. The van der Waals surface area contributed by atoms with Crippen LogP contribution in [-0.2, 0) is 24.0 Å². The molecule has 4 aliphatic heterocycles. The van der Waals surface area contributed by atoms with Gasteiger partial charge in [-0.25, -0.2) is 14.2 Å². The van der Waals surface area contributed by atoms with Crippen molar-refractivity contribution in [2.75, 3.05) is 0 Å². The SMILES string of the molecule is C[C@H]1[C@@H](Oc2ccc([C@H](C)C(=O)O)cc2F)O[C@@H]2O[C@@]3(C)CC[C@H]4[C@H](C)CC[C@@H]1[C@@]24OO3. The fourth-order valence-electron chi connectivity index (χ4n) is 6.16. The van der Waals surface area contributed by atoms with E-state index in [2.05, 4.69) is 6.92 Å². The number of carbonyl (C=O) groups is 1. The minimum absolute atomic E-state index is 0.0297. The van der Waals surface area contributed by atoms with Crippen LogP contribution in [0.1, 0.15) is 64.9 Å². The Labute approximate surface area is 187 Å². The molecule has 0 radical (unpaired) electrons. The topological polar surface area (TPSA) is 83.5 Å². The molecule has 1 aliphatic carbocycles. The first-order valence-corrected chi connectivity index (χ1v) is 11.5. The molecule has 2 bridgehead atoms. The molecular weight excluding hydrogens is 419 g/mol. The van der Waals surface area contributed by atoms with Gasteiger partial charge in [0, 0.05) is 18.3 Å². The van der Waals surface area contributed by atoms with Crippen molar-refractivity contribution in [3.05, 3.63) is 29.6 Å². The van der Waals surface area contributed by atoms with Gasteiger partial charge >= 0.3 is 5.97 Å². The maximum absolute atomic E-state index is 14.8. The Morgan fingerprint density at radius 3 is 2.72 bits per heavy atom. The number of hydrogen-bond acceptors (Lipinski definition) is 6. The third-order valence-electron chi connectivity index (χ3n) is 8.17. The highest BCUT2D eigenvalue weighted by Crippen LogP contribution is 2.60. The lowest BCUT2D eigenvalue weighted by Crippen LogP contribution is -2.70. The molecule has 1 aromatic rings. The number of rotatable bonds is 4. The largest absolute Gasteiger partial charge is 0.481 e. The second kappa shape index (κ2) is 7.65. The van der Waals surface area contributed by atoms with Gasteiger partial charge in [0.25, 0.3) is 0 Å². The molecule has 5 fully saturated rings. The summed E-state index contributed by atoms with van der Waals surface area (Å²) in [4.78, 5) is 23.1. The van der Waals surface area contributed by atoms with Crippen LogP contribution < -0.4 is 4.74 Å². The lowest BCUT2D eigenvalue weighted by molar-refractivity contribution is -0.575. The van der Waals surface area contributed by atoms with Gasteiger partial charge in [-0.15, -0.1) is 0 Å². The van der Waals surface area contributed by atoms with Crippen LogP contribution in [0.2, 0.25) is 0 Å². The number of hydrogen-bond donors (Lipinski definition) is 1. The molecule has 0 aromatic heterocycles. The van der Waals surface area contributed by atoms with Crippen LogP contribution in [0.3, 0.4) is 0 Å². The highest BCUT2D eigenvalue weighted by atomic mass is 19.1. The first kappa shape index (κ1) is 22.1. The molecule has 5 aliphatic rings. The molecule has 176 valence electrons. The Hall–Kier alpha value is -1.74. The summed E-state index contributed by atoms with van der Waals surface area (Å²) in [6.07, 6.45) is 2.24. The van der Waals surface area contributed by atoms with Crippen LogP contribution in [0.5, 0.6) is 5.75 Å². The number of fused-ring (bicyclic) bond motifs is 2. The van der Waals surface area contributed by atoms with Crippen molar-refractivity contribution in [1.29, 1.82) is 0 Å². The van der Waals surface area contributed by atoms with Crippen LogP contribution in [0.4, 0.5) is 4.39 Å². The summed E-state index contributed by atoms with van der Waals surface area (Å²) in [6.45, 7) is 7.66. The minimum atomic E-state index is -1.01. The highest BCUT2D eigenvalue weighted by Gasteiger charge is 2.69. The van der Waals surface area contributed by atoms with E-state index in [9.17, 15) is 14.3 Å². The highest BCUT2D eigenvalue weighted by molar-refractivity contribution is 5.75. The fourth-order valence-corrected chi connectivity index (χ4v) is 6.16. The van der Waals surface area contributed by atoms with Crippen molar-refractivity contribution in [3.63, 3.8) is 0 Å². The molecule has 1 aromatic carbocycles. The van der Waals surface area contributed by atoms with Crippen LogP contribution in [0.25, 0.3) is 0 Å². The van der Waals surface area contributed by atoms with E-state index in [1.54, 1.807) is 6.07 Å². The Morgan fingerprint density at radius 1 is 1.22 bits per heavy atom. The predicted octanol–water partition coefficient (Wildman–Crippen LogP) is 4.60. The fraction of sp³-hybridized carbons (Fsp3) is 0.708. The second-order valence-electron chi connectivity index (χ2n) is 10.1. The number of ether oxygens (including phenoxy) is 3. The summed E-state index contributed by atoms with van der Waals surface area (Å²) < 4.78 is 33.4. The standard InChI is InChI=1S/C24H31FO7/c1-12-5-7-17-14(3)21(28-19-8-6-15(11-18(19)25)13(2)20(26)27)29-22-24(17)16(12)9-10-23(4,30-22)31-32-24/h6,8,11-14,16-17,21-22H,5,7,9-10H2,1-4H3,(H,26,27)/t12-,13+,14-,16+,17+,21+,22-,23-,24-/m1/s1. The van der Waals surface area contributed by atoms with Gasteiger partial charge in [0.05, 0.1) is 5.92 Å². The molecule has 32 heavy (non-hydrogen) atoms. The molecule has 8 heteroatoms. The molecule has 9 atom stereocenters. The Bertz CT molecular complexity index is 908. The monoisotopic (exact) mass is 450 g/mol. The smallest absolute Gasteiger partial charge is 0.310 e. The van der Waals surface area contributed by atoms with E-state index in [0.29, 0.717) is 17.9 Å². The van der Waals surface area contributed by atoms with E-state index >= 15 is 0 Å². The molecule has 1 saturated carbocycles. The number of halogens is 1. The summed E-state index contributed by atoms with van der Waals surface area (Å²) in [6, 6.07) is 4.26. The van der Waals surface area contributed by atoms with Gasteiger partial charge in [0.15, 0.2) is 23.5 Å². The summed E-state index contributed by atoms with van der Waals surface area (Å²) >= 11 is 0. The quantitative estimate of drug-likeness (QED) is 0.671. The van der Waals surface area contributed by atoms with Crippen LogP contribution in [-0.4, -0.2) is 35.0 Å². The molecule has 7 nitrogen and oxygen atoms in total. The molecule has 0 amide bonds. The maximum Gasteiger partial charge on any atom is 0.310 e. The zero-order valence-electron chi connectivity index (χ0n) is 18.9. The van der Waals surface area contributed by atoms with Crippen molar-refractivity contribution in [3.8, 4) is 5.75 Å². The van der Waals surface area contributed by atoms with Gasteiger partial charge in [-0.1, -0.05) is 19.9 Å². The zero-order chi connectivity index (χ0) is 22.8. The summed E-state index contributed by atoms with van der Waals surface area (Å²) in [5.74, 6) is -2.61. The van der Waals surface area contributed by atoms with Gasteiger partial charge in [-0.2, -0.15) is 0 Å². The lowest BCUT2D eigenvalue weighted by atomic mass is 9.58. The Kier molecular flexibility index (Phi) is 5.28. The van der Waals surface area contributed by atoms with Gasteiger partial charge in [-0.3, -0.25) is 4.79 Å². The number of carboxylic acids is 1. The van der Waals surface area contributed by atoms with E-state index in [4.69, 9.17) is 24.0 Å². The average molecular weight is 451 g/mol. The van der Waals surface area contributed by atoms with Gasteiger partial charge in [0.2, 0.25) is 12.1 Å². The molecule has 6 rings (SSSR count). The van der Waals surface area contributed by atoms with Crippen LogP contribution in [0.15, 0.2) is 18.2 Å². The van der Waals surface area contributed by atoms with Gasteiger partial charge in [-0.05, 0) is 62.6 Å². The number of benzene rings is 1. The first-order valence-electron chi connectivity index (χ1n) is 11.5. The Balaban J connectivity index is 1.43. The van der Waals surface area contributed by atoms with Gasteiger partial charge in [0.1, 0.15) is 0 Å². The molecule has 0 unspecified atom stereocenters. The normalized spacial score (nSPS) is 43.8. The van der Waals surface area contributed by atoms with E-state index in [1.165, 1.54) is 19.1 Å². The Morgan fingerprint density at radius 2 is 2.00 bits per heavy atom. The van der Waals surface area contributed by atoms with Crippen LogP contribution >= 0.6 is 0 Å². The second-order valence-corrected chi connectivity index (χ2v) is 10.1. The average Bonchev–Trinajstić information content (AvgIpc) is 2.98. The summed E-state index contributed by atoms with van der Waals surface area (Å²) in [5.41, 5.74) is -0.322. The van der Waals surface area contributed by atoms with E-state index < -0.39 is 41.7 Å². The number of aliphatic carboxylic acids is 1. The lowest BCUT2D eigenvalue weighted by Gasteiger charge is -2.60. The molecule has 1 spiro atoms. The van der Waals surface area contributed by atoms with E-state index in [-0.39, 0.29) is 23.5 Å². The van der Waals surface area contributed by atoms with Gasteiger partial charge < -0.3 is 19.3 Å². The minimum Gasteiger partial charge on any atom is -0.481 e. The molecule has 1 N–H and O–H groups in total. The maximum atomic E-state index is 14.8. The van der Waals surface area contributed by atoms with Crippen LogP contribution in [0, 0.1) is 29.5 Å².